The summed E-state index contributed by atoms with van der Waals surface area (Å²) in [5, 5.41) is 4.15. The van der Waals surface area contributed by atoms with E-state index in [1.54, 1.807) is 10.9 Å². The van der Waals surface area contributed by atoms with Crippen LogP contribution in [-0.4, -0.2) is 58.8 Å². The van der Waals surface area contributed by atoms with Gasteiger partial charge in [0.05, 0.1) is 24.0 Å². The van der Waals surface area contributed by atoms with Crippen molar-refractivity contribution in [2.75, 3.05) is 25.2 Å². The highest BCUT2D eigenvalue weighted by molar-refractivity contribution is 5.95. The van der Waals surface area contributed by atoms with E-state index in [-0.39, 0.29) is 30.5 Å². The number of methoxy groups -OCH3 is 1. The van der Waals surface area contributed by atoms with Gasteiger partial charge in [-0.2, -0.15) is 5.10 Å². The van der Waals surface area contributed by atoms with Crippen molar-refractivity contribution >= 4 is 17.5 Å². The molecule has 3 heterocycles. The van der Waals surface area contributed by atoms with Crippen LogP contribution in [0, 0.1) is 0 Å². The van der Waals surface area contributed by atoms with Crippen molar-refractivity contribution in [2.24, 2.45) is 7.05 Å². The van der Waals surface area contributed by atoms with Crippen LogP contribution in [0.3, 0.4) is 0 Å². The van der Waals surface area contributed by atoms with E-state index in [1.165, 1.54) is 7.11 Å². The first kappa shape index (κ1) is 14.1. The molecule has 0 radical (unpaired) electrons. The van der Waals surface area contributed by atoms with Crippen LogP contribution in [-0.2, 0) is 21.4 Å². The maximum absolute atomic E-state index is 12.3. The molecule has 0 bridgehead atoms. The maximum atomic E-state index is 12.3. The molecule has 1 aromatic rings. The summed E-state index contributed by atoms with van der Waals surface area (Å²) >= 11 is 0. The van der Waals surface area contributed by atoms with Gasteiger partial charge in [-0.3, -0.25) is 14.3 Å². The second kappa shape index (κ2) is 5.48. The van der Waals surface area contributed by atoms with Crippen LogP contribution in [0.15, 0.2) is 12.4 Å². The largest absolute Gasteiger partial charge is 0.375 e. The monoisotopic (exact) mass is 292 g/mol. The maximum Gasteiger partial charge on any atom is 0.248 e. The van der Waals surface area contributed by atoms with Crippen molar-refractivity contribution in [3.63, 3.8) is 0 Å². The molecule has 2 aliphatic heterocycles. The molecule has 2 fully saturated rings. The van der Waals surface area contributed by atoms with E-state index in [1.807, 2.05) is 23.0 Å². The van der Waals surface area contributed by atoms with Crippen molar-refractivity contribution in [3.05, 3.63) is 12.4 Å². The van der Waals surface area contributed by atoms with Crippen LogP contribution in [0.4, 0.5) is 5.69 Å². The van der Waals surface area contributed by atoms with Crippen molar-refractivity contribution < 1.29 is 14.3 Å². The molecular formula is C14H20N4O3. The zero-order chi connectivity index (χ0) is 15.0. The third-order valence-electron chi connectivity index (χ3n) is 4.32. The molecule has 2 amide bonds. The van der Waals surface area contributed by atoms with Gasteiger partial charge in [0.1, 0.15) is 6.61 Å². The Morgan fingerprint density at radius 1 is 1.43 bits per heavy atom. The molecule has 114 valence electrons. The van der Waals surface area contributed by atoms with E-state index in [0.29, 0.717) is 13.0 Å². The Morgan fingerprint density at radius 3 is 2.90 bits per heavy atom. The van der Waals surface area contributed by atoms with E-state index in [0.717, 1.165) is 18.5 Å². The summed E-state index contributed by atoms with van der Waals surface area (Å²) in [4.78, 5) is 28.1. The molecule has 0 aliphatic carbocycles. The van der Waals surface area contributed by atoms with Crippen LogP contribution in [0.1, 0.15) is 19.3 Å². The predicted molar refractivity (Wildman–Crippen MR) is 75.7 cm³/mol. The van der Waals surface area contributed by atoms with Gasteiger partial charge in [0.25, 0.3) is 0 Å². The number of nitrogens with zero attached hydrogens (tertiary/aromatic N) is 4. The van der Waals surface area contributed by atoms with E-state index in [9.17, 15) is 9.59 Å². The average Bonchev–Trinajstić information content (AvgIpc) is 3.05. The number of hydrogen-bond acceptors (Lipinski definition) is 4. The minimum atomic E-state index is 0.00508. The summed E-state index contributed by atoms with van der Waals surface area (Å²) in [5.41, 5.74) is 0.818. The first-order valence-electron chi connectivity index (χ1n) is 7.21. The van der Waals surface area contributed by atoms with E-state index < -0.39 is 0 Å². The Morgan fingerprint density at radius 2 is 2.24 bits per heavy atom. The molecule has 2 saturated heterocycles. The van der Waals surface area contributed by atoms with Crippen molar-refractivity contribution in [1.82, 2.24) is 14.7 Å². The lowest BCUT2D eigenvalue weighted by Gasteiger charge is -2.39. The molecule has 2 aliphatic rings. The summed E-state index contributed by atoms with van der Waals surface area (Å²) in [6.07, 6.45) is 5.56. The van der Waals surface area contributed by atoms with Crippen LogP contribution in [0.5, 0.6) is 0 Å². The van der Waals surface area contributed by atoms with E-state index in [2.05, 4.69) is 5.10 Å². The fourth-order valence-electron chi connectivity index (χ4n) is 3.45. The third kappa shape index (κ3) is 2.42. The Labute approximate surface area is 123 Å². The summed E-state index contributed by atoms with van der Waals surface area (Å²) in [7, 11) is 3.36. The lowest BCUT2D eigenvalue weighted by Crippen LogP contribution is -2.53. The molecule has 1 aromatic heterocycles. The van der Waals surface area contributed by atoms with Gasteiger partial charge in [-0.25, -0.2) is 0 Å². The van der Waals surface area contributed by atoms with Gasteiger partial charge in [0, 0.05) is 33.3 Å². The van der Waals surface area contributed by atoms with Crippen molar-refractivity contribution in [2.45, 2.75) is 31.3 Å². The van der Waals surface area contributed by atoms with E-state index in [4.69, 9.17) is 4.74 Å². The highest BCUT2D eigenvalue weighted by Crippen LogP contribution is 2.34. The Kier molecular flexibility index (Phi) is 3.67. The highest BCUT2D eigenvalue weighted by Gasteiger charge is 2.45. The molecule has 2 atom stereocenters. The number of carbonyl (C=O) groups is 2. The summed E-state index contributed by atoms with van der Waals surface area (Å²) in [6, 6.07) is 0.141. The van der Waals surface area contributed by atoms with Crippen LogP contribution < -0.4 is 4.90 Å². The Balaban J connectivity index is 1.83. The first-order chi connectivity index (χ1) is 10.1. The average molecular weight is 292 g/mol. The van der Waals surface area contributed by atoms with Gasteiger partial charge in [0.2, 0.25) is 11.8 Å². The molecule has 0 N–H and O–H groups in total. The van der Waals surface area contributed by atoms with Gasteiger partial charge < -0.3 is 14.5 Å². The van der Waals surface area contributed by atoms with Crippen LogP contribution in [0.25, 0.3) is 0 Å². The minimum absolute atomic E-state index is 0.00508. The number of rotatable bonds is 3. The van der Waals surface area contributed by atoms with Gasteiger partial charge >= 0.3 is 0 Å². The number of piperidine rings is 1. The molecule has 0 saturated carbocycles. The second-order valence-electron chi connectivity index (χ2n) is 5.62. The minimum Gasteiger partial charge on any atom is -0.375 e. The predicted octanol–water partition coefficient (Wildman–Crippen LogP) is 0.163. The lowest BCUT2D eigenvalue weighted by atomic mass is 9.96. The van der Waals surface area contributed by atoms with Crippen LogP contribution >= 0.6 is 0 Å². The fraction of sp³-hybridized carbons (Fsp3) is 0.643. The Bertz CT molecular complexity index is 556. The number of aromatic nitrogens is 2. The first-order valence-corrected chi connectivity index (χ1v) is 7.21. The molecule has 7 heteroatoms. The SMILES string of the molecule is COCC(=O)N1CCC2C1CCC(=O)N2c1cnn(C)c1. The van der Waals surface area contributed by atoms with Gasteiger partial charge in [-0.1, -0.05) is 0 Å². The summed E-state index contributed by atoms with van der Waals surface area (Å²) in [6.45, 7) is 0.783. The number of amides is 2. The smallest absolute Gasteiger partial charge is 0.248 e. The number of ether oxygens (including phenoxy) is 1. The number of anilines is 1. The quantitative estimate of drug-likeness (QED) is 0.796. The number of carbonyl (C=O) groups excluding carboxylic acids is 2. The summed E-state index contributed by atoms with van der Waals surface area (Å²) < 4.78 is 6.64. The van der Waals surface area contributed by atoms with Gasteiger partial charge in [-0.05, 0) is 12.8 Å². The van der Waals surface area contributed by atoms with Gasteiger partial charge in [0.15, 0.2) is 0 Å². The molecule has 7 nitrogen and oxygen atoms in total. The standard InChI is InChI=1S/C14H20N4O3/c1-16-8-10(7-15-16)18-12-5-6-17(14(20)9-21-2)11(12)3-4-13(18)19/h7-8,11-12H,3-6,9H2,1-2H3. The topological polar surface area (TPSA) is 67.7 Å². The van der Waals surface area contributed by atoms with Crippen molar-refractivity contribution in [3.8, 4) is 0 Å². The lowest BCUT2D eigenvalue weighted by molar-refractivity contribution is -0.137. The molecule has 0 spiro atoms. The van der Waals surface area contributed by atoms with Gasteiger partial charge in [-0.15, -0.1) is 0 Å². The van der Waals surface area contributed by atoms with Crippen molar-refractivity contribution in [1.29, 1.82) is 0 Å². The number of fused-ring (bicyclic) bond motifs is 1. The number of aryl methyl sites for hydroxylation is 1. The fourth-order valence-corrected chi connectivity index (χ4v) is 3.45. The normalized spacial score (nSPS) is 25.3. The molecular weight excluding hydrogens is 272 g/mol. The van der Waals surface area contributed by atoms with E-state index >= 15 is 0 Å². The summed E-state index contributed by atoms with van der Waals surface area (Å²) in [5.74, 6) is 0.121. The second-order valence-corrected chi connectivity index (χ2v) is 5.62. The molecule has 2 unspecified atom stereocenters. The zero-order valence-corrected chi connectivity index (χ0v) is 12.4. The molecule has 21 heavy (non-hydrogen) atoms. The Hall–Kier alpha value is -1.89. The number of likely N-dealkylation sites (tertiary alicyclic amines) is 1. The third-order valence-corrected chi connectivity index (χ3v) is 4.32. The van der Waals surface area contributed by atoms with Crippen LogP contribution in [0.2, 0.25) is 0 Å². The molecule has 0 aromatic carbocycles. The highest BCUT2D eigenvalue weighted by atomic mass is 16.5. The number of hydrogen-bond donors (Lipinski definition) is 0. The molecule has 3 rings (SSSR count). The zero-order valence-electron chi connectivity index (χ0n) is 12.4.